The van der Waals surface area contributed by atoms with Gasteiger partial charge in [0, 0.05) is 7.05 Å². The number of likely N-dealkylation sites (N-methyl/N-ethyl adjacent to an activating group) is 1. The lowest BCUT2D eigenvalue weighted by atomic mass is 10.2. The number of carbonyl (C=O) groups excluding carboxylic acids is 1. The number of benzene rings is 1. The maximum Gasteiger partial charge on any atom is 0.260 e. The molecular formula is C15H16N2O3S. The third-order valence-corrected chi connectivity index (χ3v) is 3.12. The van der Waals surface area contributed by atoms with Gasteiger partial charge in [-0.2, -0.15) is 0 Å². The summed E-state index contributed by atoms with van der Waals surface area (Å²) in [7, 11) is 1.69. The van der Waals surface area contributed by atoms with Crippen LogP contribution in [0, 0.1) is 0 Å². The summed E-state index contributed by atoms with van der Waals surface area (Å²) in [5.41, 5.74) is 6.23. The van der Waals surface area contributed by atoms with E-state index in [9.17, 15) is 4.79 Å². The summed E-state index contributed by atoms with van der Waals surface area (Å²) in [4.78, 5) is 13.8. The first-order valence-electron chi connectivity index (χ1n) is 6.36. The van der Waals surface area contributed by atoms with Crippen molar-refractivity contribution in [2.75, 3.05) is 13.7 Å². The first-order chi connectivity index (χ1) is 10.1. The Labute approximate surface area is 128 Å². The van der Waals surface area contributed by atoms with Crippen LogP contribution in [-0.4, -0.2) is 29.5 Å². The second-order valence-electron chi connectivity index (χ2n) is 4.48. The van der Waals surface area contributed by atoms with Crippen LogP contribution in [0.25, 0.3) is 0 Å². The van der Waals surface area contributed by atoms with Crippen molar-refractivity contribution in [3.05, 3.63) is 54.0 Å². The number of ether oxygens (including phenoxy) is 1. The molecule has 1 heterocycles. The summed E-state index contributed by atoms with van der Waals surface area (Å²) in [6.45, 7) is 0.309. The van der Waals surface area contributed by atoms with Crippen LogP contribution in [0.3, 0.4) is 0 Å². The van der Waals surface area contributed by atoms with E-state index in [0.29, 0.717) is 17.9 Å². The average Bonchev–Trinajstić information content (AvgIpc) is 2.97. The summed E-state index contributed by atoms with van der Waals surface area (Å²) in [6, 6.07) is 10.7. The van der Waals surface area contributed by atoms with E-state index in [1.54, 1.807) is 37.6 Å². The molecule has 0 aliphatic rings. The second-order valence-corrected chi connectivity index (χ2v) is 4.92. The van der Waals surface area contributed by atoms with E-state index in [0.717, 1.165) is 5.76 Å². The summed E-state index contributed by atoms with van der Waals surface area (Å²) in [6.07, 6.45) is 1.57. The maximum absolute atomic E-state index is 12.0. The number of carbonyl (C=O) groups is 1. The summed E-state index contributed by atoms with van der Waals surface area (Å²) < 4.78 is 10.7. The molecule has 0 saturated carbocycles. The van der Waals surface area contributed by atoms with Crippen molar-refractivity contribution in [2.45, 2.75) is 6.54 Å². The fourth-order valence-corrected chi connectivity index (χ4v) is 1.94. The van der Waals surface area contributed by atoms with Gasteiger partial charge >= 0.3 is 0 Å². The first-order valence-corrected chi connectivity index (χ1v) is 6.76. The third kappa shape index (κ3) is 4.06. The van der Waals surface area contributed by atoms with E-state index in [1.807, 2.05) is 12.1 Å². The minimum Gasteiger partial charge on any atom is -0.483 e. The molecule has 0 unspecified atom stereocenters. The third-order valence-electron chi connectivity index (χ3n) is 2.90. The van der Waals surface area contributed by atoms with Gasteiger partial charge in [-0.05, 0) is 24.3 Å². The van der Waals surface area contributed by atoms with Gasteiger partial charge in [-0.1, -0.05) is 24.4 Å². The summed E-state index contributed by atoms with van der Waals surface area (Å²) >= 11 is 4.95. The van der Waals surface area contributed by atoms with Gasteiger partial charge in [0.2, 0.25) is 0 Å². The van der Waals surface area contributed by atoms with Crippen molar-refractivity contribution < 1.29 is 13.9 Å². The summed E-state index contributed by atoms with van der Waals surface area (Å²) in [5, 5.41) is 0. The Morgan fingerprint density at radius 3 is 2.76 bits per heavy atom. The molecule has 2 rings (SSSR count). The largest absolute Gasteiger partial charge is 0.483 e. The van der Waals surface area contributed by atoms with E-state index >= 15 is 0 Å². The molecule has 0 aliphatic heterocycles. The van der Waals surface area contributed by atoms with Gasteiger partial charge in [0.25, 0.3) is 5.91 Å². The Bertz CT molecular complexity index is 626. The van der Waals surface area contributed by atoms with Crippen molar-refractivity contribution in [1.29, 1.82) is 0 Å². The maximum atomic E-state index is 12.0. The topological polar surface area (TPSA) is 68.7 Å². The molecule has 0 atom stereocenters. The van der Waals surface area contributed by atoms with E-state index in [2.05, 4.69) is 0 Å². The van der Waals surface area contributed by atoms with Crippen molar-refractivity contribution in [1.82, 2.24) is 4.90 Å². The lowest BCUT2D eigenvalue weighted by molar-refractivity contribution is -0.132. The molecule has 0 fully saturated rings. The van der Waals surface area contributed by atoms with Gasteiger partial charge < -0.3 is 19.8 Å². The summed E-state index contributed by atoms with van der Waals surface area (Å²) in [5.74, 6) is 1.06. The van der Waals surface area contributed by atoms with Gasteiger partial charge in [-0.25, -0.2) is 0 Å². The standard InChI is InChI=1S/C15H16N2O3S/c1-17(9-11-5-4-8-19-11)14(18)10-20-13-7-3-2-6-12(13)15(16)21/h2-8H,9-10H2,1H3,(H2,16,21). The smallest absolute Gasteiger partial charge is 0.260 e. The van der Waals surface area contributed by atoms with Crippen LogP contribution >= 0.6 is 12.2 Å². The van der Waals surface area contributed by atoms with Crippen LogP contribution in [0.1, 0.15) is 11.3 Å². The number of hydrogen-bond acceptors (Lipinski definition) is 4. The molecule has 5 nitrogen and oxygen atoms in total. The second kappa shape index (κ2) is 6.90. The van der Waals surface area contributed by atoms with Crippen molar-refractivity contribution in [2.24, 2.45) is 5.73 Å². The highest BCUT2D eigenvalue weighted by atomic mass is 32.1. The molecule has 1 aromatic heterocycles. The van der Waals surface area contributed by atoms with Gasteiger partial charge in [-0.3, -0.25) is 4.79 Å². The SMILES string of the molecule is CN(Cc1ccco1)C(=O)COc1ccccc1C(N)=S. The van der Waals surface area contributed by atoms with E-state index in [4.69, 9.17) is 27.1 Å². The van der Waals surface area contributed by atoms with Crippen molar-refractivity contribution >= 4 is 23.1 Å². The number of furan rings is 1. The predicted molar refractivity (Wildman–Crippen MR) is 83.0 cm³/mol. The number of para-hydroxylation sites is 1. The Morgan fingerprint density at radius 1 is 1.33 bits per heavy atom. The lowest BCUT2D eigenvalue weighted by Crippen LogP contribution is -2.31. The highest BCUT2D eigenvalue weighted by Gasteiger charge is 2.13. The number of hydrogen-bond donors (Lipinski definition) is 1. The van der Waals surface area contributed by atoms with Gasteiger partial charge in [0.05, 0.1) is 18.4 Å². The van der Waals surface area contributed by atoms with Crippen molar-refractivity contribution in [3.8, 4) is 5.75 Å². The van der Waals surface area contributed by atoms with E-state index in [-0.39, 0.29) is 17.5 Å². The normalized spacial score (nSPS) is 10.1. The van der Waals surface area contributed by atoms with Crippen LogP contribution in [0.15, 0.2) is 47.1 Å². The molecule has 0 bridgehead atoms. The Morgan fingerprint density at radius 2 is 2.10 bits per heavy atom. The van der Waals surface area contributed by atoms with Crippen LogP contribution in [0.2, 0.25) is 0 Å². The Hall–Kier alpha value is -2.34. The van der Waals surface area contributed by atoms with Crippen LogP contribution < -0.4 is 10.5 Å². The minimum atomic E-state index is -0.163. The van der Waals surface area contributed by atoms with Gasteiger partial charge in [-0.15, -0.1) is 0 Å². The van der Waals surface area contributed by atoms with Gasteiger partial charge in [0.15, 0.2) is 6.61 Å². The number of nitrogens with two attached hydrogens (primary N) is 1. The molecule has 0 saturated heterocycles. The van der Waals surface area contributed by atoms with Crippen LogP contribution in [0.4, 0.5) is 0 Å². The quantitative estimate of drug-likeness (QED) is 0.826. The molecule has 0 aliphatic carbocycles. The average molecular weight is 304 g/mol. The monoisotopic (exact) mass is 304 g/mol. The minimum absolute atomic E-state index is 0.0865. The zero-order chi connectivity index (χ0) is 15.2. The molecule has 1 aromatic carbocycles. The predicted octanol–water partition coefficient (Wildman–Crippen LogP) is 1.95. The first kappa shape index (κ1) is 15.1. The lowest BCUT2D eigenvalue weighted by Gasteiger charge is -2.17. The number of thiocarbonyl (C=S) groups is 1. The number of nitrogens with zero attached hydrogens (tertiary/aromatic N) is 1. The Kier molecular flexibility index (Phi) is 4.94. The molecule has 0 radical (unpaired) electrons. The molecule has 0 spiro atoms. The van der Waals surface area contributed by atoms with Crippen molar-refractivity contribution in [3.63, 3.8) is 0 Å². The zero-order valence-corrected chi connectivity index (χ0v) is 12.4. The zero-order valence-electron chi connectivity index (χ0n) is 11.6. The number of rotatable bonds is 6. The number of amides is 1. The van der Waals surface area contributed by atoms with E-state index < -0.39 is 0 Å². The Balaban J connectivity index is 1.93. The highest BCUT2D eigenvalue weighted by Crippen LogP contribution is 2.17. The molecule has 2 aromatic rings. The molecule has 2 N–H and O–H groups in total. The fraction of sp³-hybridized carbons (Fsp3) is 0.200. The fourth-order valence-electron chi connectivity index (χ4n) is 1.77. The molecule has 110 valence electrons. The molecule has 21 heavy (non-hydrogen) atoms. The molecular weight excluding hydrogens is 288 g/mol. The molecule has 1 amide bonds. The van der Waals surface area contributed by atoms with Crippen LogP contribution in [0.5, 0.6) is 5.75 Å². The molecule has 6 heteroatoms. The highest BCUT2D eigenvalue weighted by molar-refractivity contribution is 7.80. The van der Waals surface area contributed by atoms with Crippen LogP contribution in [-0.2, 0) is 11.3 Å². The van der Waals surface area contributed by atoms with E-state index in [1.165, 1.54) is 4.90 Å². The van der Waals surface area contributed by atoms with Gasteiger partial charge in [0.1, 0.15) is 16.5 Å².